The van der Waals surface area contributed by atoms with Crippen LogP contribution in [0, 0.1) is 0 Å². The van der Waals surface area contributed by atoms with Crippen LogP contribution < -0.4 is 14.4 Å². The number of hydrogen-bond acceptors (Lipinski definition) is 5. The SMILES string of the molecule is COc1ccc(N(CC(=O)N(Cc2cccc(Br)c2)[C@H](Cc2ccccc2)C(=O)NC2CCCCC2)S(=O)(=O)c2ccccc2)cc1Cl. The van der Waals surface area contributed by atoms with Crippen molar-refractivity contribution in [1.82, 2.24) is 10.2 Å². The van der Waals surface area contributed by atoms with Gasteiger partial charge in [-0.05, 0) is 66.4 Å². The fourth-order valence-electron chi connectivity index (χ4n) is 5.99. The predicted molar refractivity (Wildman–Crippen MR) is 193 cm³/mol. The molecule has 0 spiro atoms. The van der Waals surface area contributed by atoms with E-state index in [-0.39, 0.29) is 40.5 Å². The highest BCUT2D eigenvalue weighted by molar-refractivity contribution is 9.10. The van der Waals surface area contributed by atoms with E-state index in [1.807, 2.05) is 54.6 Å². The number of sulfonamides is 1. The Hall–Kier alpha value is -3.86. The number of benzene rings is 4. The number of ether oxygens (including phenoxy) is 1. The smallest absolute Gasteiger partial charge is 0.264 e. The van der Waals surface area contributed by atoms with Crippen molar-refractivity contribution in [3.63, 3.8) is 0 Å². The highest BCUT2D eigenvalue weighted by Gasteiger charge is 2.35. The Labute approximate surface area is 296 Å². The van der Waals surface area contributed by atoms with Gasteiger partial charge in [-0.15, -0.1) is 0 Å². The van der Waals surface area contributed by atoms with Crippen LogP contribution >= 0.6 is 27.5 Å². The van der Waals surface area contributed by atoms with Crippen LogP contribution in [0.5, 0.6) is 5.75 Å². The summed E-state index contributed by atoms with van der Waals surface area (Å²) in [5.41, 5.74) is 1.85. The number of amides is 2. The minimum atomic E-state index is -4.25. The summed E-state index contributed by atoms with van der Waals surface area (Å²) in [6.07, 6.45) is 5.21. The standard InChI is InChI=1S/C37H39BrClN3O5S/c1-47-35-21-20-31(24-33(35)39)42(48(45,46)32-18-9-4-10-19-32)26-36(43)41(25-28-14-11-15-29(38)22-28)34(23-27-12-5-2-6-13-27)37(44)40-30-16-7-3-8-17-30/h2,4-6,9-15,18-22,24,30,34H,3,7-8,16-17,23,25-26H2,1H3,(H,40,44)/t34-/m1/s1. The molecule has 5 rings (SSSR count). The second-order valence-corrected chi connectivity index (χ2v) is 15.0. The van der Waals surface area contributed by atoms with E-state index in [9.17, 15) is 18.0 Å². The fourth-order valence-corrected chi connectivity index (χ4v) is 8.11. The minimum absolute atomic E-state index is 0.0131. The van der Waals surface area contributed by atoms with E-state index in [1.54, 1.807) is 30.3 Å². The van der Waals surface area contributed by atoms with Crippen LogP contribution in [0.1, 0.15) is 43.2 Å². The van der Waals surface area contributed by atoms with Crippen LogP contribution in [0.4, 0.5) is 5.69 Å². The molecule has 0 saturated heterocycles. The number of halogens is 2. The lowest BCUT2D eigenvalue weighted by molar-refractivity contribution is -0.140. The number of nitrogens with zero attached hydrogens (tertiary/aromatic N) is 2. The van der Waals surface area contributed by atoms with E-state index in [0.717, 1.165) is 52.0 Å². The molecule has 1 N–H and O–H groups in total. The third kappa shape index (κ3) is 8.98. The molecule has 0 aromatic heterocycles. The first-order valence-electron chi connectivity index (χ1n) is 16.0. The maximum atomic E-state index is 14.7. The largest absolute Gasteiger partial charge is 0.495 e. The van der Waals surface area contributed by atoms with Crippen LogP contribution in [0.15, 0.2) is 112 Å². The second kappa shape index (κ2) is 16.5. The normalized spacial score (nSPS) is 14.1. The molecule has 1 fully saturated rings. The number of hydrogen-bond donors (Lipinski definition) is 1. The van der Waals surface area contributed by atoms with Gasteiger partial charge in [-0.3, -0.25) is 13.9 Å². The maximum absolute atomic E-state index is 14.7. The van der Waals surface area contributed by atoms with Crippen molar-refractivity contribution >= 4 is 55.1 Å². The van der Waals surface area contributed by atoms with Crippen LogP contribution in [0.2, 0.25) is 5.02 Å². The molecule has 252 valence electrons. The molecular weight excluding hydrogens is 714 g/mol. The van der Waals surface area contributed by atoms with Gasteiger partial charge in [0.1, 0.15) is 18.3 Å². The van der Waals surface area contributed by atoms with E-state index in [1.165, 1.54) is 30.2 Å². The van der Waals surface area contributed by atoms with E-state index < -0.39 is 28.5 Å². The maximum Gasteiger partial charge on any atom is 0.264 e. The number of anilines is 1. The number of nitrogens with one attached hydrogen (secondary N) is 1. The predicted octanol–water partition coefficient (Wildman–Crippen LogP) is 7.40. The van der Waals surface area contributed by atoms with Gasteiger partial charge in [0.05, 0.1) is 22.7 Å². The van der Waals surface area contributed by atoms with E-state index in [4.69, 9.17) is 16.3 Å². The molecule has 0 radical (unpaired) electrons. The van der Waals surface area contributed by atoms with Crippen LogP contribution in [0.25, 0.3) is 0 Å². The summed E-state index contributed by atoms with van der Waals surface area (Å²) in [6, 6.07) is 28.7. The number of carbonyl (C=O) groups is 2. The fraction of sp³-hybridized carbons (Fsp3) is 0.297. The molecule has 8 nitrogen and oxygen atoms in total. The topological polar surface area (TPSA) is 96.0 Å². The van der Waals surface area contributed by atoms with Crippen molar-refractivity contribution in [1.29, 1.82) is 0 Å². The van der Waals surface area contributed by atoms with Gasteiger partial charge >= 0.3 is 0 Å². The molecule has 2 amide bonds. The Bertz CT molecular complexity index is 1800. The average molecular weight is 753 g/mol. The van der Waals surface area contributed by atoms with Crippen molar-refractivity contribution in [3.05, 3.63) is 124 Å². The third-order valence-corrected chi connectivity index (χ3v) is 11.1. The zero-order valence-electron chi connectivity index (χ0n) is 26.7. The van der Waals surface area contributed by atoms with Crippen molar-refractivity contribution in [3.8, 4) is 5.75 Å². The Morgan fingerprint density at radius 1 is 0.896 bits per heavy atom. The lowest BCUT2D eigenvalue weighted by atomic mass is 9.94. The first-order valence-corrected chi connectivity index (χ1v) is 18.6. The Morgan fingerprint density at radius 3 is 2.21 bits per heavy atom. The monoisotopic (exact) mass is 751 g/mol. The zero-order chi connectivity index (χ0) is 34.1. The molecule has 1 atom stereocenters. The molecule has 0 aliphatic heterocycles. The Morgan fingerprint density at radius 2 is 1.56 bits per heavy atom. The highest BCUT2D eigenvalue weighted by Crippen LogP contribution is 2.32. The summed E-state index contributed by atoms with van der Waals surface area (Å²) in [4.78, 5) is 30.5. The summed E-state index contributed by atoms with van der Waals surface area (Å²) >= 11 is 9.99. The van der Waals surface area contributed by atoms with Gasteiger partial charge in [0.2, 0.25) is 11.8 Å². The summed E-state index contributed by atoms with van der Waals surface area (Å²) in [6.45, 7) is -0.494. The summed E-state index contributed by atoms with van der Waals surface area (Å²) < 4.78 is 35.6. The molecule has 0 heterocycles. The van der Waals surface area contributed by atoms with Crippen LogP contribution in [-0.4, -0.2) is 50.9 Å². The minimum Gasteiger partial charge on any atom is -0.495 e. The molecule has 4 aromatic carbocycles. The van der Waals surface area contributed by atoms with Gasteiger partial charge in [-0.2, -0.15) is 0 Å². The van der Waals surface area contributed by atoms with Gasteiger partial charge in [-0.1, -0.05) is 107 Å². The number of methoxy groups -OCH3 is 1. The Balaban J connectivity index is 1.57. The first kappa shape index (κ1) is 35.4. The van der Waals surface area contributed by atoms with Gasteiger partial charge in [0, 0.05) is 23.5 Å². The summed E-state index contributed by atoms with van der Waals surface area (Å²) in [5, 5.41) is 3.42. The van der Waals surface area contributed by atoms with Crippen LogP contribution in [0.3, 0.4) is 0 Å². The number of rotatable bonds is 13. The summed E-state index contributed by atoms with van der Waals surface area (Å²) in [7, 11) is -2.78. The van der Waals surface area contributed by atoms with Gasteiger partial charge in [0.15, 0.2) is 0 Å². The van der Waals surface area contributed by atoms with E-state index >= 15 is 0 Å². The lowest BCUT2D eigenvalue weighted by Gasteiger charge is -2.35. The van der Waals surface area contributed by atoms with Gasteiger partial charge in [-0.25, -0.2) is 8.42 Å². The van der Waals surface area contributed by atoms with Crippen molar-refractivity contribution in [2.45, 2.75) is 62.0 Å². The molecule has 48 heavy (non-hydrogen) atoms. The number of carbonyl (C=O) groups excluding carboxylic acids is 2. The van der Waals surface area contributed by atoms with Crippen molar-refractivity contribution in [2.75, 3.05) is 18.0 Å². The molecular formula is C37H39BrClN3O5S. The van der Waals surface area contributed by atoms with Gasteiger partial charge in [0.25, 0.3) is 10.0 Å². The molecule has 0 bridgehead atoms. The van der Waals surface area contributed by atoms with Crippen molar-refractivity contribution < 1.29 is 22.7 Å². The van der Waals surface area contributed by atoms with Crippen LogP contribution in [-0.2, 0) is 32.6 Å². The zero-order valence-corrected chi connectivity index (χ0v) is 29.9. The van der Waals surface area contributed by atoms with Crippen molar-refractivity contribution in [2.24, 2.45) is 0 Å². The molecule has 11 heteroatoms. The second-order valence-electron chi connectivity index (χ2n) is 11.8. The molecule has 1 saturated carbocycles. The first-order chi connectivity index (χ1) is 23.2. The summed E-state index contributed by atoms with van der Waals surface area (Å²) in [5.74, 6) is -0.442. The molecule has 1 aliphatic carbocycles. The molecule has 1 aliphatic rings. The lowest BCUT2D eigenvalue weighted by Crippen LogP contribution is -2.55. The third-order valence-electron chi connectivity index (χ3n) is 8.50. The Kier molecular flexibility index (Phi) is 12.2. The van der Waals surface area contributed by atoms with E-state index in [0.29, 0.717) is 5.75 Å². The molecule has 4 aromatic rings. The highest BCUT2D eigenvalue weighted by atomic mass is 79.9. The quantitative estimate of drug-likeness (QED) is 0.154. The van der Waals surface area contributed by atoms with E-state index in [2.05, 4.69) is 21.2 Å². The van der Waals surface area contributed by atoms with Gasteiger partial charge < -0.3 is 15.0 Å². The molecule has 0 unspecified atom stereocenters. The average Bonchev–Trinajstić information content (AvgIpc) is 3.09.